The molecule has 0 fully saturated rings. The standard InChI is InChI=1S/CH5NO2S2/c1-5-6(2,3)4/h1H3,(H2,2,3,4). The molecule has 0 aliphatic rings. The second-order valence-corrected chi connectivity index (χ2v) is 4.37. The number of nitrogens with two attached hydrogens (primary N) is 1. The molecule has 0 bridgehead atoms. The summed E-state index contributed by atoms with van der Waals surface area (Å²) in [5.74, 6) is 0. The molecule has 0 heterocycles. The molecule has 0 amide bonds. The molecule has 0 saturated heterocycles. The molecule has 5 heteroatoms. The van der Waals surface area contributed by atoms with Gasteiger partial charge >= 0.3 is 0 Å². The molecule has 0 atom stereocenters. The fraction of sp³-hybridized carbons (Fsp3) is 1.00. The number of rotatable bonds is 1. The second-order valence-electron chi connectivity index (χ2n) is 0.659. The van der Waals surface area contributed by atoms with Crippen LogP contribution < -0.4 is 5.14 Å². The molecule has 0 aliphatic carbocycles. The van der Waals surface area contributed by atoms with Gasteiger partial charge in [0.2, 0.25) is 0 Å². The first-order chi connectivity index (χ1) is 2.56. The average molecular weight is 127 g/mol. The van der Waals surface area contributed by atoms with Gasteiger partial charge in [0.1, 0.15) is 0 Å². The molecule has 0 saturated carbocycles. The van der Waals surface area contributed by atoms with Gasteiger partial charge < -0.3 is 0 Å². The molecule has 3 nitrogen and oxygen atoms in total. The van der Waals surface area contributed by atoms with E-state index in [9.17, 15) is 8.42 Å². The van der Waals surface area contributed by atoms with E-state index in [0.717, 1.165) is 0 Å². The van der Waals surface area contributed by atoms with Gasteiger partial charge in [0.05, 0.1) is 0 Å². The van der Waals surface area contributed by atoms with Crippen LogP contribution in [0, 0.1) is 0 Å². The Kier molecular flexibility index (Phi) is 1.89. The van der Waals surface area contributed by atoms with Crippen LogP contribution in [0.2, 0.25) is 0 Å². The van der Waals surface area contributed by atoms with Crippen molar-refractivity contribution in [1.29, 1.82) is 0 Å². The van der Waals surface area contributed by atoms with Crippen LogP contribution >= 0.6 is 10.8 Å². The SMILES string of the molecule is CSS(N)(=O)=O. The number of hydrogen-bond donors (Lipinski definition) is 1. The molecular weight excluding hydrogens is 122 g/mol. The van der Waals surface area contributed by atoms with Gasteiger partial charge in [-0.2, -0.15) is 0 Å². The molecule has 6 heavy (non-hydrogen) atoms. The second kappa shape index (κ2) is 1.81. The minimum absolute atomic E-state index is 0.632. The largest absolute Gasteiger partial charge is 0.262 e. The summed E-state index contributed by atoms with van der Waals surface area (Å²) >= 11 is 0. The van der Waals surface area contributed by atoms with Crippen molar-refractivity contribution in [2.24, 2.45) is 5.14 Å². The number of hydrogen-bond acceptors (Lipinski definition) is 3. The van der Waals surface area contributed by atoms with E-state index in [1.807, 2.05) is 0 Å². The lowest BCUT2D eigenvalue weighted by Gasteiger charge is -1.80. The predicted molar refractivity (Wildman–Crippen MR) is 26.6 cm³/mol. The molecule has 0 spiro atoms. The van der Waals surface area contributed by atoms with Crippen molar-refractivity contribution in [3.8, 4) is 0 Å². The van der Waals surface area contributed by atoms with E-state index < -0.39 is 9.06 Å². The molecular formula is CH5NO2S2. The Morgan fingerprint density at radius 1 is 1.67 bits per heavy atom. The first-order valence-corrected chi connectivity index (χ1v) is 4.43. The smallest absolute Gasteiger partial charge is 0.220 e. The fourth-order valence-corrected chi connectivity index (χ4v) is 0. The van der Waals surface area contributed by atoms with Gasteiger partial charge in [-0.3, -0.25) is 0 Å². The zero-order valence-corrected chi connectivity index (χ0v) is 4.84. The summed E-state index contributed by atoms with van der Waals surface area (Å²) in [4.78, 5) is 0. The molecule has 0 radical (unpaired) electrons. The maximum absolute atomic E-state index is 9.74. The quantitative estimate of drug-likeness (QED) is 0.485. The third-order valence-electron chi connectivity index (χ3n) is 0.232. The molecule has 38 valence electrons. The lowest BCUT2D eigenvalue weighted by Crippen LogP contribution is -2.04. The zero-order chi connectivity index (χ0) is 5.21. The summed E-state index contributed by atoms with van der Waals surface area (Å²) in [6.07, 6.45) is 1.41. The molecule has 0 aromatic carbocycles. The summed E-state index contributed by atoms with van der Waals surface area (Å²) in [5, 5.41) is 4.47. The van der Waals surface area contributed by atoms with Crippen molar-refractivity contribution in [2.75, 3.05) is 6.26 Å². The lowest BCUT2D eigenvalue weighted by atomic mass is 12.0. The molecule has 0 aliphatic heterocycles. The fourth-order valence-electron chi connectivity index (χ4n) is 0. The molecule has 0 unspecified atom stereocenters. The minimum atomic E-state index is -3.25. The first kappa shape index (κ1) is 6.26. The van der Waals surface area contributed by atoms with Crippen LogP contribution in [0.1, 0.15) is 0 Å². The molecule has 0 aromatic heterocycles. The van der Waals surface area contributed by atoms with E-state index in [2.05, 4.69) is 5.14 Å². The summed E-state index contributed by atoms with van der Waals surface area (Å²) in [7, 11) is -2.61. The Labute approximate surface area is 40.4 Å². The predicted octanol–water partition coefficient (Wildman–Crippen LogP) is -0.447. The Hall–Kier alpha value is 0.260. The van der Waals surface area contributed by atoms with E-state index in [0.29, 0.717) is 10.8 Å². The highest BCUT2D eigenvalue weighted by molar-refractivity contribution is 8.70. The molecule has 0 rings (SSSR count). The highest BCUT2D eigenvalue weighted by atomic mass is 33.1. The summed E-state index contributed by atoms with van der Waals surface area (Å²) in [6.45, 7) is 0. The van der Waals surface area contributed by atoms with E-state index in [1.165, 1.54) is 6.26 Å². The van der Waals surface area contributed by atoms with Crippen molar-refractivity contribution in [3.63, 3.8) is 0 Å². The van der Waals surface area contributed by atoms with Crippen LogP contribution in [0.3, 0.4) is 0 Å². The zero-order valence-electron chi connectivity index (χ0n) is 3.21. The van der Waals surface area contributed by atoms with E-state index in [1.54, 1.807) is 0 Å². The molecule has 0 aromatic rings. The third kappa shape index (κ3) is 4.26. The Morgan fingerprint density at radius 2 is 1.83 bits per heavy atom. The van der Waals surface area contributed by atoms with Gasteiger partial charge in [-0.15, -0.1) is 0 Å². The van der Waals surface area contributed by atoms with E-state index in [4.69, 9.17) is 0 Å². The van der Waals surface area contributed by atoms with Gasteiger partial charge in [0.15, 0.2) is 0 Å². The Balaban J connectivity index is 3.85. The van der Waals surface area contributed by atoms with Crippen molar-refractivity contribution >= 4 is 19.8 Å². The summed E-state index contributed by atoms with van der Waals surface area (Å²) in [5.41, 5.74) is 0. The third-order valence-corrected chi connectivity index (χ3v) is 2.09. The maximum atomic E-state index is 9.74. The van der Waals surface area contributed by atoms with Crippen LogP contribution in [0.5, 0.6) is 0 Å². The van der Waals surface area contributed by atoms with Crippen molar-refractivity contribution in [3.05, 3.63) is 0 Å². The van der Waals surface area contributed by atoms with Crippen LogP contribution in [0.25, 0.3) is 0 Å². The molecule has 2 N–H and O–H groups in total. The van der Waals surface area contributed by atoms with Crippen molar-refractivity contribution < 1.29 is 8.42 Å². The monoisotopic (exact) mass is 127 g/mol. The van der Waals surface area contributed by atoms with Gasteiger partial charge in [-0.05, 0) is 17.0 Å². The summed E-state index contributed by atoms with van der Waals surface area (Å²) in [6, 6.07) is 0. The topological polar surface area (TPSA) is 60.2 Å². The highest BCUT2D eigenvalue weighted by Gasteiger charge is 1.91. The van der Waals surface area contributed by atoms with E-state index in [-0.39, 0.29) is 0 Å². The lowest BCUT2D eigenvalue weighted by molar-refractivity contribution is 0.612. The van der Waals surface area contributed by atoms with Gasteiger partial charge in [-0.1, -0.05) is 0 Å². The maximum Gasteiger partial charge on any atom is 0.262 e. The average Bonchev–Trinajstić information content (AvgIpc) is 1.35. The first-order valence-electron chi connectivity index (χ1n) is 1.14. The normalized spacial score (nSPS) is 11.7. The highest BCUT2D eigenvalue weighted by Crippen LogP contribution is 1.96. The van der Waals surface area contributed by atoms with Crippen LogP contribution in [-0.2, 0) is 9.06 Å². The minimum Gasteiger partial charge on any atom is -0.220 e. The van der Waals surface area contributed by atoms with E-state index >= 15 is 0 Å². The van der Waals surface area contributed by atoms with Crippen LogP contribution in [0.15, 0.2) is 0 Å². The van der Waals surface area contributed by atoms with Crippen molar-refractivity contribution in [2.45, 2.75) is 0 Å². The van der Waals surface area contributed by atoms with Crippen LogP contribution in [0.4, 0.5) is 0 Å². The van der Waals surface area contributed by atoms with Crippen LogP contribution in [-0.4, -0.2) is 14.7 Å². The van der Waals surface area contributed by atoms with Crippen molar-refractivity contribution in [1.82, 2.24) is 0 Å². The Bertz CT molecular complexity index is 114. The van der Waals surface area contributed by atoms with Gasteiger partial charge in [-0.25, -0.2) is 13.6 Å². The van der Waals surface area contributed by atoms with Gasteiger partial charge in [0, 0.05) is 0 Å². The Morgan fingerprint density at radius 3 is 1.83 bits per heavy atom. The van der Waals surface area contributed by atoms with Gasteiger partial charge in [0.25, 0.3) is 9.06 Å². The summed E-state index contributed by atoms with van der Waals surface area (Å²) < 4.78 is 19.5.